The van der Waals surface area contributed by atoms with Crippen LogP contribution in [0.15, 0.2) is 28.7 Å². The van der Waals surface area contributed by atoms with Crippen molar-refractivity contribution in [2.75, 3.05) is 45.8 Å². The number of phenolic OH excluding ortho intramolecular Hbond substituents is 1. The molecule has 0 saturated carbocycles. The monoisotopic (exact) mass is 514 g/mol. The number of anilines is 1. The quantitative estimate of drug-likeness (QED) is 0.286. The number of amides is 1. The summed E-state index contributed by atoms with van der Waals surface area (Å²) in [5.41, 5.74) is 2.19. The van der Waals surface area contributed by atoms with Crippen molar-refractivity contribution in [3.05, 3.63) is 41.3 Å². The molecule has 11 heteroatoms. The molecule has 0 spiro atoms. The largest absolute Gasteiger partial charge is 0.504 e. The minimum Gasteiger partial charge on any atom is -0.504 e. The number of aromatic amines is 1. The van der Waals surface area contributed by atoms with E-state index in [0.717, 1.165) is 0 Å². The Balaban J connectivity index is 1.63. The first kappa shape index (κ1) is 23.7. The number of fused-ring (bicyclic) bond motifs is 4. The highest BCUT2D eigenvalue weighted by Crippen LogP contribution is 2.47. The summed E-state index contributed by atoms with van der Waals surface area (Å²) < 4.78 is 26.7. The van der Waals surface area contributed by atoms with Gasteiger partial charge in [-0.25, -0.2) is 4.79 Å². The highest BCUT2D eigenvalue weighted by atomic mass is 35.5. The fourth-order valence-corrected chi connectivity index (χ4v) is 5.03. The second-order valence-corrected chi connectivity index (χ2v) is 8.54. The summed E-state index contributed by atoms with van der Waals surface area (Å²) >= 11 is 6.28. The SMILES string of the molecule is COC(=O)c1cc2c3c(cc(O)c2o1)N(C(=O)c1cc2cc(OC)c(OC)c(OC)c2[nH]1)C[C@@H]3CCl. The van der Waals surface area contributed by atoms with Crippen molar-refractivity contribution in [3.8, 4) is 23.0 Å². The minimum absolute atomic E-state index is 0.0556. The van der Waals surface area contributed by atoms with E-state index < -0.39 is 5.97 Å². The van der Waals surface area contributed by atoms with Crippen molar-refractivity contribution >= 4 is 51.0 Å². The average Bonchev–Trinajstić information content (AvgIpc) is 3.61. The summed E-state index contributed by atoms with van der Waals surface area (Å²) in [6, 6.07) is 6.39. The van der Waals surface area contributed by atoms with E-state index in [4.69, 9.17) is 35.0 Å². The normalized spacial score (nSPS) is 14.8. The van der Waals surface area contributed by atoms with Gasteiger partial charge in [0, 0.05) is 35.2 Å². The van der Waals surface area contributed by atoms with Crippen molar-refractivity contribution in [3.63, 3.8) is 0 Å². The number of methoxy groups -OCH3 is 4. The number of aromatic nitrogens is 1. The summed E-state index contributed by atoms with van der Waals surface area (Å²) in [4.78, 5) is 30.4. The molecule has 2 N–H and O–H groups in total. The predicted molar refractivity (Wildman–Crippen MR) is 132 cm³/mol. The van der Waals surface area contributed by atoms with Crippen molar-refractivity contribution < 1.29 is 38.1 Å². The maximum Gasteiger partial charge on any atom is 0.373 e. The Morgan fingerprint density at radius 2 is 1.86 bits per heavy atom. The average molecular weight is 515 g/mol. The number of carbonyl (C=O) groups excluding carboxylic acids is 2. The van der Waals surface area contributed by atoms with E-state index >= 15 is 0 Å². The number of nitrogens with one attached hydrogen (secondary N) is 1. The summed E-state index contributed by atoms with van der Waals surface area (Å²) in [5.74, 6) is -0.0568. The third-order valence-corrected chi connectivity index (χ3v) is 6.75. The molecule has 1 aliphatic rings. The summed E-state index contributed by atoms with van der Waals surface area (Å²) in [5, 5.41) is 11.9. The zero-order valence-electron chi connectivity index (χ0n) is 19.9. The molecular weight excluding hydrogens is 492 g/mol. The van der Waals surface area contributed by atoms with Crippen LogP contribution in [-0.2, 0) is 4.74 Å². The van der Waals surface area contributed by atoms with Crippen LogP contribution in [0.1, 0.15) is 32.5 Å². The number of carbonyl (C=O) groups is 2. The van der Waals surface area contributed by atoms with Gasteiger partial charge in [-0.3, -0.25) is 4.79 Å². The molecule has 36 heavy (non-hydrogen) atoms. The molecule has 2 aromatic heterocycles. The third-order valence-electron chi connectivity index (χ3n) is 6.37. The van der Waals surface area contributed by atoms with Crippen LogP contribution in [0.2, 0.25) is 0 Å². The van der Waals surface area contributed by atoms with Crippen LogP contribution in [-0.4, -0.2) is 62.8 Å². The number of nitrogens with zero attached hydrogens (tertiary/aromatic N) is 1. The lowest BCUT2D eigenvalue weighted by Gasteiger charge is -2.17. The van der Waals surface area contributed by atoms with Crippen LogP contribution in [0, 0.1) is 0 Å². The maximum atomic E-state index is 13.7. The Morgan fingerprint density at radius 1 is 1.11 bits per heavy atom. The van der Waals surface area contributed by atoms with E-state index in [2.05, 4.69) is 4.98 Å². The molecule has 0 aliphatic carbocycles. The third kappa shape index (κ3) is 3.40. The lowest BCUT2D eigenvalue weighted by atomic mass is 9.99. The molecule has 0 fully saturated rings. The molecule has 188 valence electrons. The fraction of sp³-hybridized carbons (Fsp3) is 0.280. The molecular formula is C25H23ClN2O8. The second kappa shape index (κ2) is 8.87. The zero-order chi connectivity index (χ0) is 25.7. The first-order valence-corrected chi connectivity index (χ1v) is 11.5. The Bertz CT molecular complexity index is 1520. The van der Waals surface area contributed by atoms with E-state index in [1.54, 1.807) is 12.1 Å². The van der Waals surface area contributed by atoms with Gasteiger partial charge in [0.25, 0.3) is 5.91 Å². The molecule has 2 aromatic carbocycles. The number of phenols is 1. The summed E-state index contributed by atoms with van der Waals surface area (Å²) in [6.07, 6.45) is 0. The number of hydrogen-bond acceptors (Lipinski definition) is 8. The van der Waals surface area contributed by atoms with Crippen molar-refractivity contribution in [2.24, 2.45) is 0 Å². The van der Waals surface area contributed by atoms with E-state index in [1.165, 1.54) is 45.5 Å². The van der Waals surface area contributed by atoms with Gasteiger partial charge in [-0.1, -0.05) is 0 Å². The van der Waals surface area contributed by atoms with Gasteiger partial charge < -0.3 is 38.4 Å². The van der Waals surface area contributed by atoms with Crippen molar-refractivity contribution in [2.45, 2.75) is 5.92 Å². The first-order valence-electron chi connectivity index (χ1n) is 10.9. The molecule has 0 saturated heterocycles. The van der Waals surface area contributed by atoms with Crippen molar-refractivity contribution in [1.29, 1.82) is 0 Å². The molecule has 10 nitrogen and oxygen atoms in total. The highest BCUT2D eigenvalue weighted by molar-refractivity contribution is 6.19. The van der Waals surface area contributed by atoms with Crippen LogP contribution in [0.25, 0.3) is 21.9 Å². The van der Waals surface area contributed by atoms with Gasteiger partial charge in [0.2, 0.25) is 11.5 Å². The lowest BCUT2D eigenvalue weighted by Crippen LogP contribution is -2.30. The number of hydrogen-bond donors (Lipinski definition) is 2. The number of furan rings is 1. The van der Waals surface area contributed by atoms with Gasteiger partial charge in [0.05, 0.1) is 39.6 Å². The Morgan fingerprint density at radius 3 is 2.50 bits per heavy atom. The number of rotatable bonds is 6. The van der Waals surface area contributed by atoms with E-state index in [-0.39, 0.29) is 41.3 Å². The molecule has 0 bridgehead atoms. The smallest absolute Gasteiger partial charge is 0.373 e. The number of halogens is 1. The van der Waals surface area contributed by atoms with Crippen LogP contribution in [0.3, 0.4) is 0 Å². The van der Waals surface area contributed by atoms with Crippen molar-refractivity contribution in [1.82, 2.24) is 4.98 Å². The number of H-pyrrole nitrogens is 1. The lowest BCUT2D eigenvalue weighted by molar-refractivity contribution is 0.0567. The van der Waals surface area contributed by atoms with Crippen LogP contribution in [0.5, 0.6) is 23.0 Å². The zero-order valence-corrected chi connectivity index (χ0v) is 20.7. The number of benzene rings is 2. The summed E-state index contributed by atoms with van der Waals surface area (Å²) in [7, 11) is 5.76. The second-order valence-electron chi connectivity index (χ2n) is 8.23. The molecule has 5 rings (SSSR count). The minimum atomic E-state index is -0.675. The fourth-order valence-electron chi connectivity index (χ4n) is 4.78. The molecule has 0 unspecified atom stereocenters. The van der Waals surface area contributed by atoms with Gasteiger partial charge in [-0.2, -0.15) is 0 Å². The van der Waals surface area contributed by atoms with E-state index in [1.807, 2.05) is 0 Å². The number of alkyl halides is 1. The molecule has 4 aromatic rings. The predicted octanol–water partition coefficient (Wildman–Crippen LogP) is 4.41. The van der Waals surface area contributed by atoms with E-state index in [9.17, 15) is 14.7 Å². The number of ether oxygens (including phenoxy) is 4. The van der Waals surface area contributed by atoms with Gasteiger partial charge >= 0.3 is 5.97 Å². The topological polar surface area (TPSA) is 123 Å². The van der Waals surface area contributed by atoms with E-state index in [0.29, 0.717) is 50.5 Å². The van der Waals surface area contributed by atoms with Crippen LogP contribution in [0.4, 0.5) is 5.69 Å². The standard InChI is InChI=1S/C25H23ClN2O8/c1-32-17-6-11-5-14(27-20(11)23(34-3)22(17)33-2)24(30)28-10-12(9-26)19-13-7-18(25(31)35-4)36-21(13)16(29)8-15(19)28/h5-8,12,27,29H,9-10H2,1-4H3/t12-/m0/s1. The molecule has 1 aliphatic heterocycles. The van der Waals surface area contributed by atoms with Gasteiger partial charge in [-0.05, 0) is 23.8 Å². The number of aromatic hydroxyl groups is 1. The van der Waals surface area contributed by atoms with Crippen LogP contribution >= 0.6 is 11.6 Å². The van der Waals surface area contributed by atoms with Gasteiger partial charge in [0.1, 0.15) is 5.69 Å². The molecule has 3 heterocycles. The maximum absolute atomic E-state index is 13.7. The van der Waals surface area contributed by atoms with Gasteiger partial charge in [-0.15, -0.1) is 11.6 Å². The Labute approximate surface area is 210 Å². The summed E-state index contributed by atoms with van der Waals surface area (Å²) in [6.45, 7) is 0.272. The molecule has 0 radical (unpaired) electrons. The molecule has 1 amide bonds. The Hall–Kier alpha value is -4.05. The van der Waals surface area contributed by atoms with Crippen LogP contribution < -0.4 is 19.1 Å². The number of esters is 1. The highest BCUT2D eigenvalue weighted by Gasteiger charge is 2.37. The van der Waals surface area contributed by atoms with Gasteiger partial charge in [0.15, 0.2) is 22.8 Å². The first-order chi connectivity index (χ1) is 17.4. The molecule has 1 atom stereocenters. The Kier molecular flexibility index (Phi) is 5.83.